The molecule has 0 radical (unpaired) electrons. The first-order valence-corrected chi connectivity index (χ1v) is 7.29. The molecular formula is C14H18BrN3O. The van der Waals surface area contributed by atoms with Gasteiger partial charge in [-0.1, -0.05) is 41.9 Å². The number of hydrogen-bond acceptors (Lipinski definition) is 3. The highest BCUT2D eigenvalue weighted by Gasteiger charge is 2.13. The standard InChI is InChI=1S/C14H18BrN3O/c1-3-13-16-14(4-2)18(17-13)9-12(19)10-5-7-11(15)8-6-10/h5-8,12,19H,3-4,9H2,1-2H3/t12-/m1/s1. The number of hydrogen-bond donors (Lipinski definition) is 1. The molecule has 1 N–H and O–H groups in total. The number of aromatic nitrogens is 3. The maximum atomic E-state index is 10.3. The van der Waals surface area contributed by atoms with Crippen LogP contribution in [0, 0.1) is 0 Å². The second-order valence-corrected chi connectivity index (χ2v) is 5.32. The summed E-state index contributed by atoms with van der Waals surface area (Å²) >= 11 is 3.39. The SMILES string of the molecule is CCc1nc(CC)n(C[C@@H](O)c2ccc(Br)cc2)n1. The van der Waals surface area contributed by atoms with Crippen molar-refractivity contribution in [3.05, 3.63) is 46.0 Å². The Balaban J connectivity index is 2.15. The Morgan fingerprint density at radius 2 is 1.89 bits per heavy atom. The molecule has 2 aromatic rings. The minimum Gasteiger partial charge on any atom is -0.386 e. The molecule has 19 heavy (non-hydrogen) atoms. The van der Waals surface area contributed by atoms with Gasteiger partial charge in [0.05, 0.1) is 12.6 Å². The average Bonchev–Trinajstić information content (AvgIpc) is 2.81. The molecule has 2 rings (SSSR count). The van der Waals surface area contributed by atoms with Crippen LogP contribution < -0.4 is 0 Å². The molecule has 1 atom stereocenters. The van der Waals surface area contributed by atoms with Gasteiger partial charge in [-0.3, -0.25) is 0 Å². The molecule has 5 heteroatoms. The van der Waals surface area contributed by atoms with E-state index in [1.165, 1.54) is 0 Å². The quantitative estimate of drug-likeness (QED) is 0.920. The van der Waals surface area contributed by atoms with E-state index in [1.54, 1.807) is 0 Å². The zero-order chi connectivity index (χ0) is 13.8. The molecule has 0 saturated carbocycles. The summed E-state index contributed by atoms with van der Waals surface area (Å²) in [5.74, 6) is 1.76. The van der Waals surface area contributed by atoms with Gasteiger partial charge in [0, 0.05) is 17.3 Å². The lowest BCUT2D eigenvalue weighted by molar-refractivity contribution is 0.150. The van der Waals surface area contributed by atoms with Crippen LogP contribution in [0.5, 0.6) is 0 Å². The third-order valence-electron chi connectivity index (χ3n) is 3.03. The fraction of sp³-hybridized carbons (Fsp3) is 0.429. The van der Waals surface area contributed by atoms with Crippen LogP contribution in [0.1, 0.15) is 37.2 Å². The zero-order valence-electron chi connectivity index (χ0n) is 11.2. The smallest absolute Gasteiger partial charge is 0.150 e. The molecular weight excluding hydrogens is 306 g/mol. The summed E-state index contributed by atoms with van der Waals surface area (Å²) < 4.78 is 2.82. The van der Waals surface area contributed by atoms with Crippen molar-refractivity contribution < 1.29 is 5.11 Å². The minimum absolute atomic E-state index is 0.442. The molecule has 0 spiro atoms. The Labute approximate surface area is 121 Å². The van der Waals surface area contributed by atoms with Crippen LogP contribution in [0.15, 0.2) is 28.7 Å². The summed E-state index contributed by atoms with van der Waals surface area (Å²) in [5, 5.41) is 14.7. The van der Waals surface area contributed by atoms with Gasteiger partial charge in [-0.05, 0) is 17.7 Å². The molecule has 1 aromatic heterocycles. The third-order valence-corrected chi connectivity index (χ3v) is 3.55. The highest BCUT2D eigenvalue weighted by molar-refractivity contribution is 9.10. The summed E-state index contributed by atoms with van der Waals surface area (Å²) in [5.41, 5.74) is 0.888. The van der Waals surface area contributed by atoms with Crippen molar-refractivity contribution in [1.29, 1.82) is 0 Å². The van der Waals surface area contributed by atoms with Crippen LogP contribution in [-0.4, -0.2) is 19.9 Å². The van der Waals surface area contributed by atoms with Crippen molar-refractivity contribution in [2.45, 2.75) is 39.3 Å². The predicted molar refractivity (Wildman–Crippen MR) is 77.9 cm³/mol. The van der Waals surface area contributed by atoms with Gasteiger partial charge in [0.25, 0.3) is 0 Å². The molecule has 0 bridgehead atoms. The molecule has 0 fully saturated rings. The van der Waals surface area contributed by atoms with Gasteiger partial charge < -0.3 is 5.11 Å². The molecule has 0 aliphatic heterocycles. The van der Waals surface area contributed by atoms with E-state index in [2.05, 4.69) is 26.0 Å². The van der Waals surface area contributed by atoms with E-state index in [-0.39, 0.29) is 0 Å². The van der Waals surface area contributed by atoms with Crippen molar-refractivity contribution in [2.24, 2.45) is 0 Å². The molecule has 1 aromatic carbocycles. The van der Waals surface area contributed by atoms with Crippen LogP contribution in [0.3, 0.4) is 0 Å². The van der Waals surface area contributed by atoms with E-state index in [1.807, 2.05) is 42.8 Å². The highest BCUT2D eigenvalue weighted by Crippen LogP contribution is 2.18. The first-order chi connectivity index (χ1) is 9.13. The molecule has 0 unspecified atom stereocenters. The third kappa shape index (κ3) is 3.42. The number of aliphatic hydroxyl groups is 1. The van der Waals surface area contributed by atoms with E-state index in [0.29, 0.717) is 6.54 Å². The van der Waals surface area contributed by atoms with Crippen LogP contribution >= 0.6 is 15.9 Å². The Morgan fingerprint density at radius 3 is 2.47 bits per heavy atom. The summed E-state index contributed by atoms with van der Waals surface area (Å²) in [7, 11) is 0. The number of rotatable bonds is 5. The van der Waals surface area contributed by atoms with Crippen molar-refractivity contribution in [1.82, 2.24) is 14.8 Å². The maximum absolute atomic E-state index is 10.3. The van der Waals surface area contributed by atoms with Gasteiger partial charge in [0.1, 0.15) is 5.82 Å². The molecule has 102 valence electrons. The lowest BCUT2D eigenvalue weighted by atomic mass is 10.1. The molecule has 0 aliphatic carbocycles. The molecule has 0 aliphatic rings. The highest BCUT2D eigenvalue weighted by atomic mass is 79.9. The van der Waals surface area contributed by atoms with Crippen molar-refractivity contribution in [2.75, 3.05) is 0 Å². The normalized spacial score (nSPS) is 12.6. The number of halogens is 1. The summed E-state index contributed by atoms with van der Waals surface area (Å²) in [6.07, 6.45) is 1.07. The summed E-state index contributed by atoms with van der Waals surface area (Å²) in [6, 6.07) is 7.69. The van der Waals surface area contributed by atoms with Gasteiger partial charge in [-0.15, -0.1) is 0 Å². The van der Waals surface area contributed by atoms with Crippen LogP contribution in [0.2, 0.25) is 0 Å². The minimum atomic E-state index is -0.565. The van der Waals surface area contributed by atoms with Crippen molar-refractivity contribution >= 4 is 15.9 Å². The average molecular weight is 324 g/mol. The molecule has 1 heterocycles. The second-order valence-electron chi connectivity index (χ2n) is 4.40. The molecule has 0 saturated heterocycles. The predicted octanol–water partition coefficient (Wildman–Crippen LogP) is 2.90. The topological polar surface area (TPSA) is 50.9 Å². The van der Waals surface area contributed by atoms with Gasteiger partial charge in [-0.25, -0.2) is 9.67 Å². The number of benzene rings is 1. The Bertz CT molecular complexity index is 536. The lowest BCUT2D eigenvalue weighted by Gasteiger charge is -2.12. The van der Waals surface area contributed by atoms with Crippen LogP contribution in [-0.2, 0) is 19.4 Å². The largest absolute Gasteiger partial charge is 0.386 e. The van der Waals surface area contributed by atoms with Crippen LogP contribution in [0.4, 0.5) is 0 Å². The Kier molecular flexibility index (Phi) is 4.71. The molecule has 4 nitrogen and oxygen atoms in total. The van der Waals surface area contributed by atoms with E-state index in [9.17, 15) is 5.11 Å². The van der Waals surface area contributed by atoms with E-state index < -0.39 is 6.10 Å². The Hall–Kier alpha value is -1.20. The summed E-state index contributed by atoms with van der Waals surface area (Å²) in [4.78, 5) is 4.44. The second kappa shape index (κ2) is 6.30. The number of nitrogens with zero attached hydrogens (tertiary/aromatic N) is 3. The van der Waals surface area contributed by atoms with Crippen molar-refractivity contribution in [3.8, 4) is 0 Å². The van der Waals surface area contributed by atoms with Gasteiger partial charge in [0.15, 0.2) is 5.82 Å². The van der Waals surface area contributed by atoms with Crippen molar-refractivity contribution in [3.63, 3.8) is 0 Å². The van der Waals surface area contributed by atoms with E-state index in [0.717, 1.165) is 34.5 Å². The number of aliphatic hydroxyl groups excluding tert-OH is 1. The first-order valence-electron chi connectivity index (χ1n) is 6.50. The molecule has 0 amide bonds. The van der Waals surface area contributed by atoms with Gasteiger partial charge in [0.2, 0.25) is 0 Å². The Morgan fingerprint density at radius 1 is 1.21 bits per heavy atom. The van der Waals surface area contributed by atoms with E-state index >= 15 is 0 Å². The fourth-order valence-corrected chi connectivity index (χ4v) is 2.20. The first kappa shape index (κ1) is 14.2. The van der Waals surface area contributed by atoms with E-state index in [4.69, 9.17) is 0 Å². The van der Waals surface area contributed by atoms with Gasteiger partial charge >= 0.3 is 0 Å². The summed E-state index contributed by atoms with van der Waals surface area (Å²) in [6.45, 7) is 4.52. The van der Waals surface area contributed by atoms with Gasteiger partial charge in [-0.2, -0.15) is 5.10 Å². The fourth-order valence-electron chi connectivity index (χ4n) is 1.94. The lowest BCUT2D eigenvalue weighted by Crippen LogP contribution is -2.12. The maximum Gasteiger partial charge on any atom is 0.150 e. The van der Waals surface area contributed by atoms with Crippen LogP contribution in [0.25, 0.3) is 0 Å². The number of aryl methyl sites for hydroxylation is 2. The monoisotopic (exact) mass is 323 g/mol. The zero-order valence-corrected chi connectivity index (χ0v) is 12.8.